The van der Waals surface area contributed by atoms with Gasteiger partial charge in [-0.3, -0.25) is 9.55 Å². The van der Waals surface area contributed by atoms with Crippen molar-refractivity contribution in [2.45, 2.75) is 71.6 Å². The molecule has 5 heteroatoms. The molecule has 10 rings (SSSR count). The average molecular weight is 810 g/mol. The van der Waals surface area contributed by atoms with Gasteiger partial charge in [0.2, 0.25) is 0 Å². The third-order valence-corrected chi connectivity index (χ3v) is 12.7. The molecule has 0 fully saturated rings. The first-order valence-electron chi connectivity index (χ1n) is 21.5. The van der Waals surface area contributed by atoms with E-state index in [9.17, 15) is 5.11 Å². The van der Waals surface area contributed by atoms with Gasteiger partial charge in [-0.2, -0.15) is 0 Å². The summed E-state index contributed by atoms with van der Waals surface area (Å²) < 4.78 is 8.76. The number of benzene rings is 7. The summed E-state index contributed by atoms with van der Waals surface area (Å²) in [5, 5.41) is 16.6. The van der Waals surface area contributed by atoms with Crippen molar-refractivity contribution in [1.29, 1.82) is 0 Å². The van der Waals surface area contributed by atoms with Gasteiger partial charge in [0.15, 0.2) is 0 Å². The lowest BCUT2D eigenvalue weighted by molar-refractivity contribution is 0.446. The van der Waals surface area contributed by atoms with Crippen LogP contribution >= 0.6 is 0 Å². The Hall–Kier alpha value is -6.98. The van der Waals surface area contributed by atoms with E-state index in [0.29, 0.717) is 11.4 Å². The molecule has 3 heterocycles. The van der Waals surface area contributed by atoms with Gasteiger partial charge >= 0.3 is 0 Å². The molecule has 0 aliphatic carbocycles. The molecule has 62 heavy (non-hydrogen) atoms. The maximum absolute atomic E-state index is 12.3. The van der Waals surface area contributed by atoms with Gasteiger partial charge in [-0.15, -0.1) is 0 Å². The molecule has 5 nitrogen and oxygen atoms in total. The van der Waals surface area contributed by atoms with Crippen LogP contribution in [0.4, 0.5) is 0 Å². The van der Waals surface area contributed by atoms with Crippen LogP contribution < -0.4 is 0 Å². The second kappa shape index (κ2) is 14.3. The summed E-state index contributed by atoms with van der Waals surface area (Å²) in [6, 6.07) is 53.4. The number of fused-ring (bicyclic) bond motifs is 6. The Morgan fingerprint density at radius 1 is 0.548 bits per heavy atom. The highest BCUT2D eigenvalue weighted by molar-refractivity contribution is 6.22. The van der Waals surface area contributed by atoms with Crippen molar-refractivity contribution in [1.82, 2.24) is 14.5 Å². The van der Waals surface area contributed by atoms with Crippen LogP contribution in [0.15, 0.2) is 162 Å². The molecule has 1 N–H and O–H groups in total. The molecule has 0 saturated heterocycles. The maximum atomic E-state index is 12.3. The van der Waals surface area contributed by atoms with Crippen molar-refractivity contribution in [3.63, 3.8) is 0 Å². The summed E-state index contributed by atoms with van der Waals surface area (Å²) in [5.41, 5.74) is 12.6. The first-order valence-corrected chi connectivity index (χ1v) is 21.5. The van der Waals surface area contributed by atoms with Gasteiger partial charge in [-0.1, -0.05) is 159 Å². The van der Waals surface area contributed by atoms with Crippen molar-refractivity contribution in [3.8, 4) is 45.2 Å². The highest BCUT2D eigenvalue weighted by atomic mass is 16.3. The molecule has 0 amide bonds. The van der Waals surface area contributed by atoms with E-state index in [0.717, 1.165) is 88.5 Å². The van der Waals surface area contributed by atoms with Gasteiger partial charge in [0.1, 0.15) is 22.7 Å². The van der Waals surface area contributed by atoms with E-state index in [4.69, 9.17) is 14.4 Å². The smallest absolute Gasteiger partial charge is 0.149 e. The summed E-state index contributed by atoms with van der Waals surface area (Å²) in [5.74, 6) is 0.949. The van der Waals surface area contributed by atoms with Crippen LogP contribution in [0.5, 0.6) is 5.75 Å². The molecular formula is C57H51N3O2. The van der Waals surface area contributed by atoms with E-state index in [1.165, 1.54) is 5.56 Å². The molecule has 7 aromatic carbocycles. The lowest BCUT2D eigenvalue weighted by atomic mass is 9.76. The van der Waals surface area contributed by atoms with Crippen LogP contribution in [0.1, 0.15) is 77.6 Å². The minimum atomic E-state index is -0.365. The van der Waals surface area contributed by atoms with E-state index in [1.807, 2.05) is 18.3 Å². The second-order valence-electron chi connectivity index (χ2n) is 19.3. The van der Waals surface area contributed by atoms with Gasteiger partial charge in [-0.25, -0.2) is 4.98 Å². The lowest BCUT2D eigenvalue weighted by Gasteiger charge is -2.27. The van der Waals surface area contributed by atoms with Gasteiger partial charge in [0.25, 0.3) is 0 Å². The standard InChI is InChI=1S/C57H51N3O2/c1-55(2,3)39-33-44(53(61)45(34-39)56(4,5)6)54-59-52-43(24-17-25-46(52)60(54)41-21-13-10-14-22-41)36-30-37(32-40(31-36)57(7,8)38-19-11-9-12-20-38)51-50-48(28-29-58-51)62-47-27-26-35-18-15-16-23-42(35)49(47)50/h9-34,61H,1-8H3. The predicted molar refractivity (Wildman–Crippen MR) is 258 cm³/mol. The maximum Gasteiger partial charge on any atom is 0.149 e. The SMILES string of the molecule is CC(C)(C)c1cc(-c2nc3c(-c4cc(-c5nccc6oc7ccc8ccccc8c7c56)cc(C(C)(C)c5ccccc5)c4)cccc3n2-c2ccccc2)c(O)c(C(C)(C)C)c1. The number of furan rings is 1. The van der Waals surface area contributed by atoms with Crippen molar-refractivity contribution in [3.05, 3.63) is 180 Å². The molecule has 3 aromatic heterocycles. The number of phenols is 1. The number of pyridine rings is 1. The number of phenolic OH excluding ortho intramolecular Hbond substituents is 1. The van der Waals surface area contributed by atoms with E-state index < -0.39 is 0 Å². The van der Waals surface area contributed by atoms with E-state index in [2.05, 4.69) is 199 Å². The summed E-state index contributed by atoms with van der Waals surface area (Å²) in [6.07, 6.45) is 1.86. The Morgan fingerprint density at radius 2 is 1.24 bits per heavy atom. The van der Waals surface area contributed by atoms with E-state index in [-0.39, 0.29) is 22.0 Å². The first-order chi connectivity index (χ1) is 29.7. The molecule has 0 spiro atoms. The Balaban J connectivity index is 1.29. The Bertz CT molecular complexity index is 3340. The van der Waals surface area contributed by atoms with Gasteiger partial charge in [0.05, 0.1) is 27.7 Å². The fourth-order valence-electron chi connectivity index (χ4n) is 9.17. The number of nitrogens with zero attached hydrogens (tertiary/aromatic N) is 3. The topological polar surface area (TPSA) is 64.1 Å². The van der Waals surface area contributed by atoms with E-state index in [1.54, 1.807) is 0 Å². The van der Waals surface area contributed by atoms with Gasteiger partial charge in [-0.05, 0) is 92.4 Å². The van der Waals surface area contributed by atoms with Gasteiger partial charge < -0.3 is 9.52 Å². The van der Waals surface area contributed by atoms with Crippen LogP contribution in [0.25, 0.3) is 83.2 Å². The third-order valence-electron chi connectivity index (χ3n) is 12.7. The Labute approximate surface area is 363 Å². The van der Waals surface area contributed by atoms with Crippen molar-refractivity contribution < 1.29 is 9.52 Å². The van der Waals surface area contributed by atoms with Gasteiger partial charge in [0, 0.05) is 39.4 Å². The first kappa shape index (κ1) is 39.2. The number of hydrogen-bond donors (Lipinski definition) is 1. The van der Waals surface area contributed by atoms with Crippen molar-refractivity contribution in [2.24, 2.45) is 0 Å². The second-order valence-corrected chi connectivity index (χ2v) is 19.3. The average Bonchev–Trinajstić information content (AvgIpc) is 3.85. The van der Waals surface area contributed by atoms with Crippen LogP contribution in [0, 0.1) is 0 Å². The monoisotopic (exact) mass is 809 g/mol. The summed E-state index contributed by atoms with van der Waals surface area (Å²) in [7, 11) is 0. The molecule has 0 bridgehead atoms. The third kappa shape index (κ3) is 6.46. The van der Waals surface area contributed by atoms with Crippen molar-refractivity contribution in [2.75, 3.05) is 0 Å². The zero-order valence-corrected chi connectivity index (χ0v) is 36.7. The highest BCUT2D eigenvalue weighted by Crippen LogP contribution is 2.46. The quantitative estimate of drug-likeness (QED) is 0.182. The van der Waals surface area contributed by atoms with E-state index >= 15 is 0 Å². The minimum Gasteiger partial charge on any atom is -0.507 e. The van der Waals surface area contributed by atoms with Crippen LogP contribution in [-0.2, 0) is 16.2 Å². The molecule has 0 aliphatic heterocycles. The number of imidazole rings is 1. The van der Waals surface area contributed by atoms with Crippen LogP contribution in [0.2, 0.25) is 0 Å². The minimum absolute atomic E-state index is 0.164. The Morgan fingerprint density at radius 3 is 1.98 bits per heavy atom. The summed E-state index contributed by atoms with van der Waals surface area (Å²) >= 11 is 0. The molecule has 0 atom stereocenters. The zero-order chi connectivity index (χ0) is 43.1. The normalized spacial score (nSPS) is 12.6. The zero-order valence-electron chi connectivity index (χ0n) is 36.7. The molecule has 10 aromatic rings. The predicted octanol–water partition coefficient (Wildman–Crippen LogP) is 15.1. The summed E-state index contributed by atoms with van der Waals surface area (Å²) in [6.45, 7) is 17.7. The van der Waals surface area contributed by atoms with Crippen LogP contribution in [0.3, 0.4) is 0 Å². The Kier molecular flexibility index (Phi) is 9.04. The largest absolute Gasteiger partial charge is 0.507 e. The number of para-hydroxylation sites is 2. The fourth-order valence-corrected chi connectivity index (χ4v) is 9.17. The van der Waals surface area contributed by atoms with Crippen LogP contribution in [-0.4, -0.2) is 19.6 Å². The van der Waals surface area contributed by atoms with Crippen molar-refractivity contribution >= 4 is 43.7 Å². The summed E-state index contributed by atoms with van der Waals surface area (Å²) in [4.78, 5) is 10.7. The fraction of sp³-hybridized carbons (Fsp3) is 0.193. The highest BCUT2D eigenvalue weighted by Gasteiger charge is 2.30. The number of aromatic nitrogens is 3. The number of rotatable bonds is 6. The molecule has 0 radical (unpaired) electrons. The number of hydrogen-bond acceptors (Lipinski definition) is 4. The molecule has 306 valence electrons. The lowest BCUT2D eigenvalue weighted by Crippen LogP contribution is -2.19. The number of aromatic hydroxyl groups is 1. The molecule has 0 unspecified atom stereocenters. The molecular weight excluding hydrogens is 759 g/mol. The molecule has 0 aliphatic rings. The molecule has 0 saturated carbocycles.